The number of thioether (sulfide) groups is 1. The van der Waals surface area contributed by atoms with Gasteiger partial charge < -0.3 is 19.7 Å². The number of alkyl carbamates (subject to hydrolysis) is 1. The molecule has 3 rings (SSSR count). The van der Waals surface area contributed by atoms with E-state index in [1.165, 1.54) is 40.3 Å². The second kappa shape index (κ2) is 12.8. The molecule has 0 spiro atoms. The molecule has 228 valence electrons. The first kappa shape index (κ1) is 32.9. The molecule has 1 heterocycles. The number of nitrogens with one attached hydrogen (secondary N) is 3. The molecule has 0 radical (unpaired) electrons. The minimum Gasteiger partial charge on any atom is -0.444 e. The fraction of sp³-hybridized carbons (Fsp3) is 0.385. The molecule has 0 aromatic heterocycles. The largest absolute Gasteiger partial charge is 0.458 e. The van der Waals surface area contributed by atoms with Crippen LogP contribution in [0.4, 0.5) is 28.0 Å². The van der Waals surface area contributed by atoms with E-state index < -0.39 is 47.5 Å². The Morgan fingerprint density at radius 2 is 1.69 bits per heavy atom. The maximum Gasteiger partial charge on any atom is 0.458 e. The standard InChI is InChI=1S/C26H27ClF4N4O6S/c1-24(2,3)41-23(39)32-17-13-42-19-10-7-15(20(36)33-34-22(38)25(28,40-4)26(29,30)31)11-18(19)35(21(17)37)12-14-5-8-16(27)9-6-14/h5-11,17H,12-13H2,1-4H3,(H,32,39)(H,33,36)(H,34,38)/t17-,25?/m0/s1. The highest BCUT2D eigenvalue weighted by Crippen LogP contribution is 2.37. The van der Waals surface area contributed by atoms with Crippen LogP contribution in [0.25, 0.3) is 0 Å². The normalized spacial score (nSPS) is 16.9. The first-order chi connectivity index (χ1) is 19.4. The van der Waals surface area contributed by atoms with Crippen molar-refractivity contribution in [1.29, 1.82) is 0 Å². The highest BCUT2D eigenvalue weighted by atomic mass is 35.5. The van der Waals surface area contributed by atoms with Crippen LogP contribution in [-0.2, 0) is 25.6 Å². The van der Waals surface area contributed by atoms with E-state index >= 15 is 0 Å². The average Bonchev–Trinajstić information content (AvgIpc) is 3.02. The van der Waals surface area contributed by atoms with Crippen molar-refractivity contribution in [2.45, 2.75) is 55.9 Å². The van der Waals surface area contributed by atoms with Crippen molar-refractivity contribution in [2.24, 2.45) is 0 Å². The lowest BCUT2D eigenvalue weighted by atomic mass is 10.1. The number of anilines is 1. The smallest absolute Gasteiger partial charge is 0.444 e. The van der Waals surface area contributed by atoms with Crippen molar-refractivity contribution in [3.8, 4) is 0 Å². The molecule has 0 fully saturated rings. The number of ether oxygens (including phenoxy) is 2. The van der Waals surface area contributed by atoms with Gasteiger partial charge in [-0.25, -0.2) is 4.79 Å². The Bertz CT molecular complexity index is 1360. The second-order valence-electron chi connectivity index (χ2n) is 9.95. The van der Waals surface area contributed by atoms with Gasteiger partial charge in [0.2, 0.25) is 0 Å². The number of halogens is 5. The van der Waals surface area contributed by atoms with E-state index in [1.807, 2.05) is 0 Å². The third-order valence-corrected chi connectivity index (χ3v) is 7.06. The molecule has 2 atom stereocenters. The van der Waals surface area contributed by atoms with Gasteiger partial charge in [0, 0.05) is 28.3 Å². The molecule has 0 aliphatic carbocycles. The number of hydrogen-bond acceptors (Lipinski definition) is 7. The summed E-state index contributed by atoms with van der Waals surface area (Å²) < 4.78 is 61.9. The predicted octanol–water partition coefficient (Wildman–Crippen LogP) is 4.51. The summed E-state index contributed by atoms with van der Waals surface area (Å²) in [7, 11) is 0.343. The number of fused-ring (bicyclic) bond motifs is 1. The van der Waals surface area contributed by atoms with Gasteiger partial charge in [0.15, 0.2) is 0 Å². The van der Waals surface area contributed by atoms with Gasteiger partial charge >= 0.3 is 24.0 Å². The molecule has 2 aromatic carbocycles. The predicted molar refractivity (Wildman–Crippen MR) is 145 cm³/mol. The molecule has 3 N–H and O–H groups in total. The minimum atomic E-state index is -5.72. The van der Waals surface area contributed by atoms with Gasteiger partial charge in [-0.15, -0.1) is 11.8 Å². The molecule has 0 saturated carbocycles. The Labute approximate surface area is 247 Å². The van der Waals surface area contributed by atoms with Gasteiger partial charge in [-0.05, 0) is 56.7 Å². The Morgan fingerprint density at radius 3 is 2.26 bits per heavy atom. The number of hydrogen-bond donors (Lipinski definition) is 3. The lowest BCUT2D eigenvalue weighted by Gasteiger charge is -2.27. The topological polar surface area (TPSA) is 126 Å². The number of alkyl halides is 4. The number of rotatable bonds is 6. The Hall–Kier alpha value is -3.56. The van der Waals surface area contributed by atoms with Crippen molar-refractivity contribution < 1.29 is 46.2 Å². The van der Waals surface area contributed by atoms with Crippen molar-refractivity contribution in [2.75, 3.05) is 17.8 Å². The first-order valence-corrected chi connectivity index (χ1v) is 13.6. The molecule has 16 heteroatoms. The molecule has 0 bridgehead atoms. The average molecular weight is 635 g/mol. The van der Waals surface area contributed by atoms with Crippen LogP contribution in [0.5, 0.6) is 0 Å². The number of carbonyl (C=O) groups is 4. The summed E-state index contributed by atoms with van der Waals surface area (Å²) in [4.78, 5) is 52.6. The quantitative estimate of drug-likeness (QED) is 0.315. The Kier molecular flexibility index (Phi) is 10.0. The number of methoxy groups -OCH3 is 1. The molecule has 10 nitrogen and oxygen atoms in total. The summed E-state index contributed by atoms with van der Waals surface area (Å²) in [6.45, 7) is 4.99. The summed E-state index contributed by atoms with van der Waals surface area (Å²) in [5, 5.41) is 3.02. The third-order valence-electron chi connectivity index (χ3n) is 5.65. The monoisotopic (exact) mass is 634 g/mol. The number of hydrazine groups is 1. The van der Waals surface area contributed by atoms with Crippen molar-refractivity contribution in [1.82, 2.24) is 16.2 Å². The zero-order valence-corrected chi connectivity index (χ0v) is 24.3. The van der Waals surface area contributed by atoms with Crippen LogP contribution >= 0.6 is 23.4 Å². The Morgan fingerprint density at radius 1 is 1.05 bits per heavy atom. The van der Waals surface area contributed by atoms with Crippen LogP contribution in [0.2, 0.25) is 5.02 Å². The molecule has 1 aliphatic heterocycles. The summed E-state index contributed by atoms with van der Waals surface area (Å²) in [6, 6.07) is 9.60. The maximum absolute atomic E-state index is 14.1. The molecule has 1 aliphatic rings. The minimum absolute atomic E-state index is 0.0122. The van der Waals surface area contributed by atoms with Gasteiger partial charge in [-0.3, -0.25) is 25.2 Å². The van der Waals surface area contributed by atoms with E-state index in [-0.39, 0.29) is 23.5 Å². The van der Waals surface area contributed by atoms with E-state index in [9.17, 15) is 36.7 Å². The van der Waals surface area contributed by atoms with Crippen molar-refractivity contribution in [3.63, 3.8) is 0 Å². The van der Waals surface area contributed by atoms with E-state index in [4.69, 9.17) is 16.3 Å². The number of amides is 4. The lowest BCUT2D eigenvalue weighted by Crippen LogP contribution is -2.58. The second-order valence-corrected chi connectivity index (χ2v) is 11.4. The van der Waals surface area contributed by atoms with E-state index in [0.717, 1.165) is 0 Å². The van der Waals surface area contributed by atoms with Gasteiger partial charge in [0.05, 0.1) is 12.2 Å². The van der Waals surface area contributed by atoms with Crippen molar-refractivity contribution >= 4 is 52.9 Å². The number of benzene rings is 2. The van der Waals surface area contributed by atoms with Crippen LogP contribution in [0.15, 0.2) is 47.4 Å². The summed E-state index contributed by atoms with van der Waals surface area (Å²) in [5.74, 6) is -8.55. The third kappa shape index (κ3) is 7.83. The molecule has 42 heavy (non-hydrogen) atoms. The zero-order valence-electron chi connectivity index (χ0n) is 22.7. The van der Waals surface area contributed by atoms with Crippen LogP contribution in [0.1, 0.15) is 36.7 Å². The highest BCUT2D eigenvalue weighted by Gasteiger charge is 2.63. The summed E-state index contributed by atoms with van der Waals surface area (Å²) in [5.41, 5.74) is 2.96. The highest BCUT2D eigenvalue weighted by molar-refractivity contribution is 7.99. The molecule has 0 saturated heterocycles. The summed E-state index contributed by atoms with van der Waals surface area (Å²) >= 11 is 7.18. The molecule has 4 amide bonds. The lowest BCUT2D eigenvalue weighted by molar-refractivity contribution is -0.307. The summed E-state index contributed by atoms with van der Waals surface area (Å²) in [6.07, 6.45) is -6.53. The van der Waals surface area contributed by atoms with Crippen LogP contribution < -0.4 is 21.1 Å². The molecular weight excluding hydrogens is 608 g/mol. The maximum atomic E-state index is 14.1. The fourth-order valence-corrected chi connectivity index (χ4v) is 4.81. The van der Waals surface area contributed by atoms with E-state index in [1.54, 1.807) is 50.5 Å². The molecular formula is C26H27ClF4N4O6S. The van der Waals surface area contributed by atoms with Crippen molar-refractivity contribution in [3.05, 3.63) is 58.6 Å². The van der Waals surface area contributed by atoms with Gasteiger partial charge in [-0.2, -0.15) is 17.6 Å². The number of nitrogens with zero attached hydrogens (tertiary/aromatic N) is 1. The first-order valence-electron chi connectivity index (χ1n) is 12.2. The van der Waals surface area contributed by atoms with Gasteiger partial charge in [0.25, 0.3) is 11.8 Å². The van der Waals surface area contributed by atoms with E-state index in [2.05, 4.69) is 10.1 Å². The fourth-order valence-electron chi connectivity index (χ4n) is 3.63. The van der Waals surface area contributed by atoms with Crippen LogP contribution in [-0.4, -0.2) is 60.4 Å². The molecule has 2 aromatic rings. The number of carbonyl (C=O) groups excluding carboxylic acids is 4. The van der Waals surface area contributed by atoms with E-state index in [0.29, 0.717) is 22.6 Å². The van der Waals surface area contributed by atoms with Gasteiger partial charge in [-0.1, -0.05) is 23.7 Å². The molecule has 1 unspecified atom stereocenters. The van der Waals surface area contributed by atoms with Crippen LogP contribution in [0.3, 0.4) is 0 Å². The Balaban J connectivity index is 1.90. The van der Waals surface area contributed by atoms with Gasteiger partial charge in [0.1, 0.15) is 11.6 Å². The SMILES string of the molecule is COC(F)(C(=O)NNC(=O)c1ccc2c(c1)N(Cc1ccc(Cl)cc1)C(=O)[C@@H](NC(=O)OC(C)(C)C)CS2)C(F)(F)F. The van der Waals surface area contributed by atoms with Crippen LogP contribution in [0, 0.1) is 0 Å². The zero-order chi connectivity index (χ0) is 31.5.